The van der Waals surface area contributed by atoms with E-state index in [-0.39, 0.29) is 47.7 Å². The van der Waals surface area contributed by atoms with Crippen LogP contribution >= 0.6 is 0 Å². The first-order chi connectivity index (χ1) is 17.1. The molecule has 2 atom stereocenters. The molecule has 0 aliphatic carbocycles. The molecule has 2 N–H and O–H groups in total. The lowest BCUT2D eigenvalue weighted by molar-refractivity contribution is -0.133. The summed E-state index contributed by atoms with van der Waals surface area (Å²) in [4.78, 5) is 26.3. The number of rotatable bonds is 10. The van der Waals surface area contributed by atoms with Gasteiger partial charge in [0.2, 0.25) is 21.8 Å². The Morgan fingerprint density at radius 3 is 2.14 bits per heavy atom. The van der Waals surface area contributed by atoms with Gasteiger partial charge in [-0.3, -0.25) is 9.59 Å². The molecule has 7 nitrogen and oxygen atoms in total. The molecule has 1 aliphatic rings. The lowest BCUT2D eigenvalue weighted by Gasteiger charge is -2.32. The molecule has 0 radical (unpaired) electrons. The molecule has 2 amide bonds. The Bertz CT molecular complexity index is 1110. The number of nitrogens with one attached hydrogen (secondary N) is 2. The maximum atomic E-state index is 13.0. The second kappa shape index (κ2) is 12.5. The van der Waals surface area contributed by atoms with Crippen LogP contribution in [-0.2, 0) is 26.0 Å². The summed E-state index contributed by atoms with van der Waals surface area (Å²) in [5, 5.41) is 5.99. The van der Waals surface area contributed by atoms with E-state index in [1.165, 1.54) is 9.87 Å². The predicted molar refractivity (Wildman–Crippen MR) is 142 cm³/mol. The predicted octanol–water partition coefficient (Wildman–Crippen LogP) is 3.67. The first kappa shape index (κ1) is 27.9. The zero-order valence-corrected chi connectivity index (χ0v) is 22.6. The monoisotopic (exact) mass is 513 g/mol. The van der Waals surface area contributed by atoms with Gasteiger partial charge in [-0.1, -0.05) is 61.9 Å². The molecular formula is C28H39N3O4S. The minimum atomic E-state index is -3.58. The van der Waals surface area contributed by atoms with Gasteiger partial charge in [-0.05, 0) is 63.1 Å². The molecule has 3 rings (SSSR count). The zero-order chi connectivity index (χ0) is 26.3. The number of hydrogen-bond acceptors (Lipinski definition) is 4. The van der Waals surface area contributed by atoms with Crippen LogP contribution in [0.5, 0.6) is 0 Å². The van der Waals surface area contributed by atoms with Crippen LogP contribution in [0.25, 0.3) is 0 Å². The first-order valence-electron chi connectivity index (χ1n) is 12.8. The van der Waals surface area contributed by atoms with Crippen LogP contribution in [0.4, 0.5) is 0 Å². The van der Waals surface area contributed by atoms with Crippen LogP contribution in [0.3, 0.4) is 0 Å². The molecule has 0 spiro atoms. The van der Waals surface area contributed by atoms with E-state index in [1.807, 2.05) is 45.9 Å². The van der Waals surface area contributed by atoms with Crippen LogP contribution in [0.2, 0.25) is 0 Å². The highest BCUT2D eigenvalue weighted by molar-refractivity contribution is 7.89. The van der Waals surface area contributed by atoms with Crippen molar-refractivity contribution in [1.82, 2.24) is 14.9 Å². The third-order valence-electron chi connectivity index (χ3n) is 6.83. The van der Waals surface area contributed by atoms with E-state index in [2.05, 4.69) is 22.8 Å². The Morgan fingerprint density at radius 1 is 0.944 bits per heavy atom. The number of hydrogen-bond donors (Lipinski definition) is 2. The fraction of sp³-hybridized carbons (Fsp3) is 0.500. The molecule has 2 aromatic rings. The van der Waals surface area contributed by atoms with Crippen molar-refractivity contribution in [3.63, 3.8) is 0 Å². The average Bonchev–Trinajstić information content (AvgIpc) is 2.86. The highest BCUT2D eigenvalue weighted by Gasteiger charge is 2.34. The van der Waals surface area contributed by atoms with Crippen LogP contribution in [-0.4, -0.2) is 49.7 Å². The third-order valence-corrected chi connectivity index (χ3v) is 8.74. The molecule has 2 aromatic carbocycles. The van der Waals surface area contributed by atoms with E-state index in [0.717, 1.165) is 18.4 Å². The second-order valence-corrected chi connectivity index (χ2v) is 12.1. The van der Waals surface area contributed by atoms with Crippen LogP contribution < -0.4 is 10.6 Å². The minimum Gasteiger partial charge on any atom is -0.352 e. The normalized spacial score (nSPS) is 16.9. The molecule has 1 aliphatic heterocycles. The van der Waals surface area contributed by atoms with Crippen molar-refractivity contribution >= 4 is 21.8 Å². The summed E-state index contributed by atoms with van der Waals surface area (Å²) < 4.78 is 27.3. The number of sulfonamides is 1. The van der Waals surface area contributed by atoms with Gasteiger partial charge in [-0.15, -0.1) is 0 Å². The lowest BCUT2D eigenvalue weighted by atomic mass is 9.95. The van der Waals surface area contributed by atoms with E-state index in [9.17, 15) is 18.0 Å². The zero-order valence-electron chi connectivity index (χ0n) is 21.7. The van der Waals surface area contributed by atoms with Gasteiger partial charge in [0.05, 0.1) is 4.90 Å². The SMILES string of the molecule is Cc1ccc(S(=O)(=O)N2CCC(C(=O)N[C@@H](C(=O)N[C@@H](C)CCc3ccccc3)C(C)C)CC2)cc1. The third kappa shape index (κ3) is 7.40. The van der Waals surface area contributed by atoms with Crippen molar-refractivity contribution < 1.29 is 18.0 Å². The summed E-state index contributed by atoms with van der Waals surface area (Å²) in [5.41, 5.74) is 2.22. The van der Waals surface area contributed by atoms with Gasteiger partial charge in [-0.25, -0.2) is 8.42 Å². The summed E-state index contributed by atoms with van der Waals surface area (Å²) in [6.07, 6.45) is 2.53. The number of benzene rings is 2. The molecule has 1 saturated heterocycles. The Labute approximate surface area is 215 Å². The summed E-state index contributed by atoms with van der Waals surface area (Å²) >= 11 is 0. The number of piperidine rings is 1. The highest BCUT2D eigenvalue weighted by Crippen LogP contribution is 2.24. The van der Waals surface area contributed by atoms with E-state index < -0.39 is 16.1 Å². The highest BCUT2D eigenvalue weighted by atomic mass is 32.2. The number of aryl methyl sites for hydroxylation is 2. The maximum absolute atomic E-state index is 13.0. The van der Waals surface area contributed by atoms with Crippen molar-refractivity contribution in [2.24, 2.45) is 11.8 Å². The molecule has 8 heteroatoms. The molecule has 0 bridgehead atoms. The first-order valence-corrected chi connectivity index (χ1v) is 14.2. The summed E-state index contributed by atoms with van der Waals surface area (Å²) in [6, 6.07) is 16.3. The molecule has 0 unspecified atom stereocenters. The van der Waals surface area contributed by atoms with Gasteiger partial charge >= 0.3 is 0 Å². The van der Waals surface area contributed by atoms with Crippen LogP contribution in [0.1, 0.15) is 51.2 Å². The van der Waals surface area contributed by atoms with Gasteiger partial charge in [0.25, 0.3) is 0 Å². The van der Waals surface area contributed by atoms with E-state index >= 15 is 0 Å². The van der Waals surface area contributed by atoms with Crippen molar-refractivity contribution in [1.29, 1.82) is 0 Å². The Hall–Kier alpha value is -2.71. The van der Waals surface area contributed by atoms with Gasteiger partial charge < -0.3 is 10.6 Å². The van der Waals surface area contributed by atoms with E-state index in [4.69, 9.17) is 0 Å². The minimum absolute atomic E-state index is 0.0222. The van der Waals surface area contributed by atoms with Crippen LogP contribution in [0, 0.1) is 18.8 Å². The van der Waals surface area contributed by atoms with Crippen LogP contribution in [0.15, 0.2) is 59.5 Å². The number of nitrogens with zero attached hydrogens (tertiary/aromatic N) is 1. The Balaban J connectivity index is 1.51. The van der Waals surface area contributed by atoms with Crippen molar-refractivity contribution in [2.75, 3.05) is 13.1 Å². The molecule has 196 valence electrons. The largest absolute Gasteiger partial charge is 0.352 e. The van der Waals surface area contributed by atoms with Gasteiger partial charge in [0.1, 0.15) is 6.04 Å². The van der Waals surface area contributed by atoms with E-state index in [1.54, 1.807) is 24.3 Å². The summed E-state index contributed by atoms with van der Waals surface area (Å²) in [5.74, 6) is -0.761. The molecule has 0 saturated carbocycles. The Morgan fingerprint density at radius 2 is 1.56 bits per heavy atom. The molecule has 1 heterocycles. The average molecular weight is 514 g/mol. The Kier molecular flexibility index (Phi) is 9.68. The molecular weight excluding hydrogens is 474 g/mol. The van der Waals surface area contributed by atoms with E-state index in [0.29, 0.717) is 12.8 Å². The van der Waals surface area contributed by atoms with Gasteiger partial charge in [0, 0.05) is 25.0 Å². The van der Waals surface area contributed by atoms with Gasteiger partial charge in [-0.2, -0.15) is 4.31 Å². The lowest BCUT2D eigenvalue weighted by Crippen LogP contribution is -2.53. The second-order valence-electron chi connectivity index (χ2n) is 10.2. The number of carbonyl (C=O) groups excluding carboxylic acids is 2. The fourth-order valence-electron chi connectivity index (χ4n) is 4.46. The summed E-state index contributed by atoms with van der Waals surface area (Å²) in [7, 11) is -3.58. The summed E-state index contributed by atoms with van der Waals surface area (Å²) in [6.45, 7) is 8.28. The quantitative estimate of drug-likeness (QED) is 0.507. The van der Waals surface area contributed by atoms with Crippen molar-refractivity contribution in [3.05, 3.63) is 65.7 Å². The fourth-order valence-corrected chi connectivity index (χ4v) is 5.93. The number of carbonyl (C=O) groups is 2. The topological polar surface area (TPSA) is 95.6 Å². The smallest absolute Gasteiger partial charge is 0.243 e. The van der Waals surface area contributed by atoms with Gasteiger partial charge in [0.15, 0.2) is 0 Å². The molecule has 36 heavy (non-hydrogen) atoms. The maximum Gasteiger partial charge on any atom is 0.243 e. The van der Waals surface area contributed by atoms with Crippen molar-refractivity contribution in [2.45, 2.75) is 70.4 Å². The molecule has 0 aromatic heterocycles. The molecule has 1 fully saturated rings. The number of amides is 2. The standard InChI is InChI=1S/C28H39N3O4S/c1-20(2)26(28(33)29-22(4)12-13-23-8-6-5-7-9-23)30-27(32)24-16-18-31(19-17-24)36(34,35)25-14-10-21(3)11-15-25/h5-11,14-15,20,22,24,26H,12-13,16-19H2,1-4H3,(H,29,33)(H,30,32)/t22-,26+/m0/s1. The van der Waals surface area contributed by atoms with Crippen molar-refractivity contribution in [3.8, 4) is 0 Å².